The molecule has 0 aliphatic heterocycles. The molecule has 2 atom stereocenters. The number of esters is 1. The van der Waals surface area contributed by atoms with Crippen molar-refractivity contribution in [2.75, 3.05) is 23.5 Å². The fourth-order valence-corrected chi connectivity index (χ4v) is 5.36. The molecule has 0 spiro atoms. The van der Waals surface area contributed by atoms with Crippen molar-refractivity contribution in [3.05, 3.63) is 96.1 Å². The topological polar surface area (TPSA) is 126 Å². The first-order valence-electron chi connectivity index (χ1n) is 12.5. The third-order valence-corrected chi connectivity index (χ3v) is 7.65. The number of fused-ring (bicyclic) bond motifs is 1. The molecule has 0 fully saturated rings. The highest BCUT2D eigenvalue weighted by Gasteiger charge is 2.11. The van der Waals surface area contributed by atoms with E-state index in [9.17, 15) is 18.4 Å². The van der Waals surface area contributed by atoms with Crippen molar-refractivity contribution in [3.8, 4) is 17.8 Å². The zero-order valence-electron chi connectivity index (χ0n) is 22.1. The number of carbonyl (C=O) groups excluding carboxylic acids is 2. The molecule has 210 valence electrons. The van der Waals surface area contributed by atoms with Gasteiger partial charge in [0.05, 0.1) is 11.5 Å². The number of anilines is 2. The van der Waals surface area contributed by atoms with Gasteiger partial charge in [0.2, 0.25) is 8.30 Å². The van der Waals surface area contributed by atoms with Gasteiger partial charge in [-0.15, -0.1) is 6.42 Å². The van der Waals surface area contributed by atoms with Gasteiger partial charge in [-0.25, -0.2) is 4.21 Å². The lowest BCUT2D eigenvalue weighted by Gasteiger charge is -2.15. The van der Waals surface area contributed by atoms with Crippen molar-refractivity contribution < 1.29 is 27.6 Å². The van der Waals surface area contributed by atoms with Gasteiger partial charge < -0.3 is 29.5 Å². The number of nitrogens with one attached hydrogen (secondary N) is 3. The summed E-state index contributed by atoms with van der Waals surface area (Å²) in [6.45, 7) is 2.46. The lowest BCUT2D eigenvalue weighted by molar-refractivity contribution is -0.131. The Morgan fingerprint density at radius 3 is 2.34 bits per heavy atom. The molecule has 1 amide bonds. The number of ether oxygens (including phenoxy) is 1. The molecule has 0 bridgehead atoms. The van der Waals surface area contributed by atoms with Crippen LogP contribution < -0.4 is 20.5 Å². The second-order valence-corrected chi connectivity index (χ2v) is 11.0. The number of hydrogen-bond donors (Lipinski definition) is 4. The third kappa shape index (κ3) is 8.37. The Bertz CT molecular complexity index is 1590. The summed E-state index contributed by atoms with van der Waals surface area (Å²) in [7, 11) is -1.40. The van der Waals surface area contributed by atoms with Crippen molar-refractivity contribution >= 4 is 53.4 Å². The SMILES string of the molecule is C#CP(Nc1ccc(C(=O)NCCNc2cccc3c(S(=O)O)cccc23)cc1)OCc1ccc(OC(C)=O)cc1. The molecule has 4 aromatic carbocycles. The maximum atomic E-state index is 12.6. The Hall–Kier alpha value is -4.26. The predicted octanol–water partition coefficient (Wildman–Crippen LogP) is 5.72. The van der Waals surface area contributed by atoms with E-state index >= 15 is 0 Å². The van der Waals surface area contributed by atoms with Gasteiger partial charge in [-0.05, 0) is 59.8 Å². The van der Waals surface area contributed by atoms with Crippen LogP contribution in [0.25, 0.3) is 10.8 Å². The van der Waals surface area contributed by atoms with Crippen LogP contribution in [0.3, 0.4) is 0 Å². The molecule has 2 unspecified atom stereocenters. The van der Waals surface area contributed by atoms with Gasteiger partial charge in [0, 0.05) is 47.7 Å². The average molecular weight is 590 g/mol. The highest BCUT2D eigenvalue weighted by molar-refractivity contribution is 7.79. The number of carbonyl (C=O) groups is 2. The van der Waals surface area contributed by atoms with Crippen LogP contribution in [0, 0.1) is 12.1 Å². The third-order valence-electron chi connectivity index (χ3n) is 5.84. The zero-order valence-corrected chi connectivity index (χ0v) is 23.8. The standard InChI is InChI=1S/C30H28N3O6PS/c1-3-40(38-20-22-10-16-25(17-11-22)39-21(2)34)33-24-14-12-23(13-15-24)30(35)32-19-18-31-28-8-4-7-27-26(28)6-5-9-29(27)41(36)37/h1,4-17,31,33H,18-20H2,2H3,(H,32,35)(H,36,37). The Kier molecular flexibility index (Phi) is 10.4. The van der Waals surface area contributed by atoms with Gasteiger partial charge in [-0.2, -0.15) is 0 Å². The second-order valence-electron chi connectivity index (χ2n) is 8.71. The van der Waals surface area contributed by atoms with Crippen LogP contribution in [-0.4, -0.2) is 33.7 Å². The smallest absolute Gasteiger partial charge is 0.308 e. The molecule has 0 saturated heterocycles. The average Bonchev–Trinajstić information content (AvgIpc) is 2.97. The molecule has 41 heavy (non-hydrogen) atoms. The van der Waals surface area contributed by atoms with Crippen molar-refractivity contribution in [2.45, 2.75) is 18.4 Å². The first-order chi connectivity index (χ1) is 19.8. The fourth-order valence-electron chi connectivity index (χ4n) is 3.94. The minimum Gasteiger partial charge on any atom is -0.427 e. The Balaban J connectivity index is 1.24. The van der Waals surface area contributed by atoms with Gasteiger partial charge in [-0.1, -0.05) is 36.4 Å². The number of rotatable bonds is 12. The molecule has 4 N–H and O–H groups in total. The molecule has 0 radical (unpaired) electrons. The molecule has 0 saturated carbocycles. The van der Waals surface area contributed by atoms with Gasteiger partial charge in [0.15, 0.2) is 11.1 Å². The molecule has 11 heteroatoms. The van der Waals surface area contributed by atoms with Crippen LogP contribution in [0.1, 0.15) is 22.8 Å². The molecule has 4 aromatic rings. The molecule has 4 rings (SSSR count). The Morgan fingerprint density at radius 2 is 1.66 bits per heavy atom. The highest BCUT2D eigenvalue weighted by atomic mass is 32.2. The molecular formula is C30H28N3O6PS. The summed E-state index contributed by atoms with van der Waals surface area (Å²) in [6.07, 6.45) is 5.64. The summed E-state index contributed by atoms with van der Waals surface area (Å²) in [5, 5.41) is 10.8. The van der Waals surface area contributed by atoms with Gasteiger partial charge in [0.1, 0.15) is 5.75 Å². The molecule has 0 aliphatic carbocycles. The first kappa shape index (κ1) is 29.7. The van der Waals surface area contributed by atoms with E-state index in [1.165, 1.54) is 6.92 Å². The monoisotopic (exact) mass is 589 g/mol. The summed E-state index contributed by atoms with van der Waals surface area (Å²) in [5.41, 5.74) is 5.51. The van der Waals surface area contributed by atoms with E-state index in [2.05, 4.69) is 21.4 Å². The predicted molar refractivity (Wildman–Crippen MR) is 162 cm³/mol. The normalized spacial score (nSPS) is 12.1. The number of amides is 1. The molecular weight excluding hydrogens is 561 g/mol. The molecule has 9 nitrogen and oxygen atoms in total. The summed E-state index contributed by atoms with van der Waals surface area (Å²) >= 11 is -2.08. The molecule has 0 aromatic heterocycles. The summed E-state index contributed by atoms with van der Waals surface area (Å²) in [5.74, 6) is -0.144. The summed E-state index contributed by atoms with van der Waals surface area (Å²) in [6, 6.07) is 24.6. The number of benzene rings is 4. The number of hydrogen-bond acceptors (Lipinski definition) is 7. The maximum absolute atomic E-state index is 12.6. The maximum Gasteiger partial charge on any atom is 0.308 e. The van der Waals surface area contributed by atoms with Crippen LogP contribution in [0.2, 0.25) is 0 Å². The molecule has 0 heterocycles. The van der Waals surface area contributed by atoms with E-state index in [4.69, 9.17) is 15.7 Å². The Labute approximate surface area is 241 Å². The van der Waals surface area contributed by atoms with E-state index in [-0.39, 0.29) is 18.5 Å². The van der Waals surface area contributed by atoms with Crippen molar-refractivity contribution in [3.63, 3.8) is 0 Å². The second kappa shape index (κ2) is 14.4. The van der Waals surface area contributed by atoms with Gasteiger partial charge in [-0.3, -0.25) is 9.59 Å². The fraction of sp³-hybridized carbons (Fsp3) is 0.133. The van der Waals surface area contributed by atoms with Gasteiger partial charge >= 0.3 is 5.97 Å². The van der Waals surface area contributed by atoms with Crippen LogP contribution in [0.15, 0.2) is 89.8 Å². The lowest BCUT2D eigenvalue weighted by atomic mass is 10.1. The quantitative estimate of drug-likeness (QED) is 0.0413. The van der Waals surface area contributed by atoms with Gasteiger partial charge in [0.25, 0.3) is 5.91 Å². The highest BCUT2D eigenvalue weighted by Crippen LogP contribution is 2.37. The van der Waals surface area contributed by atoms with Crippen LogP contribution in [0.5, 0.6) is 5.75 Å². The zero-order chi connectivity index (χ0) is 29.2. The van der Waals surface area contributed by atoms with E-state index in [1.807, 2.05) is 18.2 Å². The number of terminal acetylenes is 1. The van der Waals surface area contributed by atoms with E-state index < -0.39 is 19.4 Å². The summed E-state index contributed by atoms with van der Waals surface area (Å²) in [4.78, 5) is 24.0. The van der Waals surface area contributed by atoms with Crippen LogP contribution >= 0.6 is 8.30 Å². The minimum absolute atomic E-state index is 0.220. The Morgan fingerprint density at radius 1 is 0.951 bits per heavy atom. The first-order valence-corrected chi connectivity index (χ1v) is 14.9. The van der Waals surface area contributed by atoms with E-state index in [0.29, 0.717) is 34.7 Å². The largest absolute Gasteiger partial charge is 0.427 e. The van der Waals surface area contributed by atoms with Crippen molar-refractivity contribution in [1.82, 2.24) is 5.32 Å². The van der Waals surface area contributed by atoms with Crippen LogP contribution in [-0.2, 0) is 27.0 Å². The summed E-state index contributed by atoms with van der Waals surface area (Å²) < 4.78 is 32.0. The minimum atomic E-state index is -2.08. The van der Waals surface area contributed by atoms with Crippen molar-refractivity contribution in [2.24, 2.45) is 0 Å². The van der Waals surface area contributed by atoms with Crippen LogP contribution in [0.4, 0.5) is 11.4 Å². The lowest BCUT2D eigenvalue weighted by Crippen LogP contribution is -2.28. The van der Waals surface area contributed by atoms with Crippen molar-refractivity contribution in [1.29, 1.82) is 0 Å². The van der Waals surface area contributed by atoms with E-state index in [0.717, 1.165) is 22.3 Å². The molecule has 0 aliphatic rings. The van der Waals surface area contributed by atoms with E-state index in [1.54, 1.807) is 66.7 Å².